The predicted molar refractivity (Wildman–Crippen MR) is 67.8 cm³/mol. The highest BCUT2D eigenvalue weighted by Crippen LogP contribution is 2.26. The van der Waals surface area contributed by atoms with Crippen LogP contribution in [0, 0.1) is 0 Å². The Labute approximate surface area is 105 Å². The first-order valence-corrected chi connectivity index (χ1v) is 5.56. The lowest BCUT2D eigenvalue weighted by molar-refractivity contribution is 0.617. The lowest BCUT2D eigenvalue weighted by Crippen LogP contribution is -2.22. The summed E-state index contributed by atoms with van der Waals surface area (Å²) in [6.07, 6.45) is 5.16. The van der Waals surface area contributed by atoms with Crippen LogP contribution in [0.3, 0.4) is 0 Å². The van der Waals surface area contributed by atoms with Crippen molar-refractivity contribution in [3.8, 4) is 0 Å². The molecule has 2 heterocycles. The first-order chi connectivity index (χ1) is 8.13. The predicted octanol–water partition coefficient (Wildman–Crippen LogP) is 1.36. The minimum absolute atomic E-state index is 0.124. The van der Waals surface area contributed by atoms with E-state index in [1.807, 2.05) is 24.9 Å². The van der Waals surface area contributed by atoms with E-state index in [9.17, 15) is 0 Å². The minimum atomic E-state index is -0.124. The van der Waals surface area contributed by atoms with E-state index in [2.05, 4.69) is 15.3 Å². The van der Waals surface area contributed by atoms with Gasteiger partial charge in [-0.1, -0.05) is 11.6 Å². The molecule has 1 atom stereocenters. The van der Waals surface area contributed by atoms with Crippen LogP contribution in [0.25, 0.3) is 0 Å². The Bertz CT molecular complexity index is 522. The van der Waals surface area contributed by atoms with Crippen molar-refractivity contribution in [2.75, 3.05) is 12.8 Å². The van der Waals surface area contributed by atoms with Gasteiger partial charge in [-0.2, -0.15) is 0 Å². The largest absolute Gasteiger partial charge is 0.383 e. The van der Waals surface area contributed by atoms with Gasteiger partial charge >= 0.3 is 0 Å². The molecule has 90 valence electrons. The summed E-state index contributed by atoms with van der Waals surface area (Å²) in [5.74, 6) is 1.32. The Morgan fingerprint density at radius 1 is 1.47 bits per heavy atom. The molecule has 0 saturated heterocycles. The normalized spacial score (nSPS) is 12.6. The maximum atomic E-state index is 5.95. The van der Waals surface area contributed by atoms with Crippen LogP contribution in [-0.4, -0.2) is 21.6 Å². The van der Waals surface area contributed by atoms with Crippen LogP contribution >= 0.6 is 11.6 Å². The zero-order valence-corrected chi connectivity index (χ0v) is 10.4. The molecule has 0 saturated carbocycles. The van der Waals surface area contributed by atoms with Gasteiger partial charge in [-0.15, -0.1) is 0 Å². The van der Waals surface area contributed by atoms with Gasteiger partial charge in [-0.25, -0.2) is 9.97 Å². The van der Waals surface area contributed by atoms with Crippen molar-refractivity contribution in [3.63, 3.8) is 0 Å². The maximum Gasteiger partial charge on any atom is 0.130 e. The van der Waals surface area contributed by atoms with Crippen LogP contribution in [-0.2, 0) is 7.05 Å². The van der Waals surface area contributed by atoms with Crippen molar-refractivity contribution in [3.05, 3.63) is 41.1 Å². The Morgan fingerprint density at radius 2 is 2.24 bits per heavy atom. The van der Waals surface area contributed by atoms with E-state index in [0.29, 0.717) is 10.8 Å². The molecule has 2 rings (SSSR count). The smallest absolute Gasteiger partial charge is 0.130 e. The number of anilines is 1. The highest BCUT2D eigenvalue weighted by Gasteiger charge is 2.19. The third-order valence-corrected chi connectivity index (χ3v) is 2.84. The summed E-state index contributed by atoms with van der Waals surface area (Å²) in [5, 5.41) is 3.73. The average molecular weight is 252 g/mol. The number of aromatic nitrogens is 3. The quantitative estimate of drug-likeness (QED) is 0.864. The highest BCUT2D eigenvalue weighted by molar-refractivity contribution is 6.30. The summed E-state index contributed by atoms with van der Waals surface area (Å²) in [5.41, 5.74) is 6.70. The van der Waals surface area contributed by atoms with E-state index in [0.717, 1.165) is 11.4 Å². The lowest BCUT2D eigenvalue weighted by Gasteiger charge is -2.17. The summed E-state index contributed by atoms with van der Waals surface area (Å²) in [6.45, 7) is 0. The van der Waals surface area contributed by atoms with Gasteiger partial charge in [-0.3, -0.25) is 0 Å². The number of nitrogens with one attached hydrogen (secondary N) is 1. The van der Waals surface area contributed by atoms with Crippen molar-refractivity contribution < 1.29 is 0 Å². The Kier molecular flexibility index (Phi) is 3.31. The molecule has 0 spiro atoms. The molecule has 6 heteroatoms. The van der Waals surface area contributed by atoms with E-state index in [4.69, 9.17) is 17.3 Å². The number of rotatable bonds is 3. The van der Waals surface area contributed by atoms with Gasteiger partial charge in [0.1, 0.15) is 11.6 Å². The summed E-state index contributed by atoms with van der Waals surface area (Å²) in [6, 6.07) is 1.68. The van der Waals surface area contributed by atoms with Crippen LogP contribution in [0.15, 0.2) is 24.7 Å². The van der Waals surface area contributed by atoms with Crippen molar-refractivity contribution in [1.82, 2.24) is 19.9 Å². The summed E-state index contributed by atoms with van der Waals surface area (Å²) >= 11 is 5.95. The molecule has 2 aromatic heterocycles. The van der Waals surface area contributed by atoms with Crippen molar-refractivity contribution in [2.45, 2.75) is 6.04 Å². The van der Waals surface area contributed by atoms with Crippen molar-refractivity contribution >= 4 is 17.4 Å². The molecule has 17 heavy (non-hydrogen) atoms. The van der Waals surface area contributed by atoms with Gasteiger partial charge in [0.05, 0.1) is 11.1 Å². The highest BCUT2D eigenvalue weighted by atomic mass is 35.5. The summed E-state index contributed by atoms with van der Waals surface area (Å²) in [7, 11) is 3.78. The third-order valence-electron chi connectivity index (χ3n) is 2.63. The van der Waals surface area contributed by atoms with Crippen LogP contribution < -0.4 is 11.1 Å². The SMILES string of the molecule is CNC(c1cc(Cl)cnc1N)c1nccn1C. The van der Waals surface area contributed by atoms with Gasteiger partial charge in [0.15, 0.2) is 0 Å². The first kappa shape index (κ1) is 11.9. The number of nitrogens with two attached hydrogens (primary N) is 1. The summed E-state index contributed by atoms with van der Waals surface area (Å²) < 4.78 is 1.93. The fourth-order valence-corrected chi connectivity index (χ4v) is 1.94. The van der Waals surface area contributed by atoms with Crippen molar-refractivity contribution in [2.24, 2.45) is 7.05 Å². The summed E-state index contributed by atoms with van der Waals surface area (Å²) in [4.78, 5) is 8.36. The molecular weight excluding hydrogens is 238 g/mol. The number of imidazole rings is 1. The minimum Gasteiger partial charge on any atom is -0.383 e. The maximum absolute atomic E-state index is 5.95. The molecule has 0 radical (unpaired) electrons. The zero-order chi connectivity index (χ0) is 12.4. The van der Waals surface area contributed by atoms with E-state index in [-0.39, 0.29) is 6.04 Å². The second kappa shape index (κ2) is 4.73. The van der Waals surface area contributed by atoms with Gasteiger partial charge < -0.3 is 15.6 Å². The van der Waals surface area contributed by atoms with Gasteiger partial charge in [0.25, 0.3) is 0 Å². The van der Waals surface area contributed by atoms with Crippen LogP contribution in [0.4, 0.5) is 5.82 Å². The molecule has 0 amide bonds. The Balaban J connectivity index is 2.49. The fourth-order valence-electron chi connectivity index (χ4n) is 1.78. The topological polar surface area (TPSA) is 68.8 Å². The number of pyridine rings is 1. The molecule has 0 bridgehead atoms. The second-order valence-electron chi connectivity index (χ2n) is 3.75. The number of nitrogens with zero attached hydrogens (tertiary/aromatic N) is 3. The third kappa shape index (κ3) is 2.25. The molecule has 3 N–H and O–H groups in total. The van der Waals surface area contributed by atoms with Gasteiger partial charge in [0, 0.05) is 31.2 Å². The number of hydrogen-bond acceptors (Lipinski definition) is 4. The van der Waals surface area contributed by atoms with Gasteiger partial charge in [-0.05, 0) is 13.1 Å². The van der Waals surface area contributed by atoms with Crippen molar-refractivity contribution in [1.29, 1.82) is 0 Å². The monoisotopic (exact) mass is 251 g/mol. The number of nitrogen functional groups attached to an aromatic ring is 1. The average Bonchev–Trinajstić information content (AvgIpc) is 2.71. The van der Waals surface area contributed by atoms with E-state index in [1.165, 1.54) is 6.20 Å². The lowest BCUT2D eigenvalue weighted by atomic mass is 10.1. The Hall–Kier alpha value is -1.59. The molecule has 0 aliphatic rings. The molecule has 0 fully saturated rings. The molecule has 5 nitrogen and oxygen atoms in total. The van der Waals surface area contributed by atoms with E-state index < -0.39 is 0 Å². The van der Waals surface area contributed by atoms with E-state index in [1.54, 1.807) is 12.3 Å². The molecular formula is C11H14ClN5. The standard InChI is InChI=1S/C11H14ClN5/c1-14-9(11-15-3-4-17(11)2)8-5-7(12)6-16-10(8)13/h3-6,9,14H,1-2H3,(H2,13,16). The molecule has 0 aliphatic carbocycles. The second-order valence-corrected chi connectivity index (χ2v) is 4.18. The molecule has 2 aromatic rings. The first-order valence-electron chi connectivity index (χ1n) is 5.19. The number of hydrogen-bond donors (Lipinski definition) is 2. The number of halogens is 1. The van der Waals surface area contributed by atoms with Gasteiger partial charge in [0.2, 0.25) is 0 Å². The Morgan fingerprint density at radius 3 is 2.82 bits per heavy atom. The molecule has 0 aliphatic heterocycles. The number of aryl methyl sites for hydroxylation is 1. The van der Waals surface area contributed by atoms with Crippen LogP contribution in [0.1, 0.15) is 17.4 Å². The molecule has 1 unspecified atom stereocenters. The van der Waals surface area contributed by atoms with E-state index >= 15 is 0 Å². The van der Waals surface area contributed by atoms with Crippen LogP contribution in [0.5, 0.6) is 0 Å². The fraction of sp³-hybridized carbons (Fsp3) is 0.273. The zero-order valence-electron chi connectivity index (χ0n) is 9.68. The molecule has 0 aromatic carbocycles. The van der Waals surface area contributed by atoms with Crippen LogP contribution in [0.2, 0.25) is 5.02 Å².